The van der Waals surface area contributed by atoms with E-state index in [1.165, 1.54) is 24.0 Å². The third kappa shape index (κ3) is 5.94. The highest BCUT2D eigenvalue weighted by Gasteiger charge is 2.23. The van der Waals surface area contributed by atoms with Crippen LogP contribution in [0.25, 0.3) is 0 Å². The summed E-state index contributed by atoms with van der Waals surface area (Å²) >= 11 is 1.31. The molecule has 0 unspecified atom stereocenters. The molecule has 8 heteroatoms. The van der Waals surface area contributed by atoms with Gasteiger partial charge in [-0.3, -0.25) is 14.9 Å². The molecule has 0 saturated carbocycles. The summed E-state index contributed by atoms with van der Waals surface area (Å²) in [6, 6.07) is 15.5. The van der Waals surface area contributed by atoms with Gasteiger partial charge in [0.2, 0.25) is 5.91 Å². The fourth-order valence-electron chi connectivity index (χ4n) is 4.19. The molecule has 0 aliphatic carbocycles. The van der Waals surface area contributed by atoms with Crippen LogP contribution >= 0.6 is 11.3 Å². The first-order chi connectivity index (χ1) is 16.6. The number of methoxy groups -OCH3 is 2. The Labute approximate surface area is 203 Å². The summed E-state index contributed by atoms with van der Waals surface area (Å²) in [7, 11) is 3.07. The lowest BCUT2D eigenvalue weighted by molar-refractivity contribution is -0.131. The number of aromatic nitrogens is 1. The van der Waals surface area contributed by atoms with Gasteiger partial charge in [0, 0.05) is 24.0 Å². The minimum absolute atomic E-state index is 0.0845. The minimum Gasteiger partial charge on any atom is -0.493 e. The highest BCUT2D eigenvalue weighted by atomic mass is 32.1. The van der Waals surface area contributed by atoms with Gasteiger partial charge in [-0.15, -0.1) is 11.3 Å². The smallest absolute Gasteiger partial charge is 0.257 e. The van der Waals surface area contributed by atoms with Crippen molar-refractivity contribution >= 4 is 28.3 Å². The Morgan fingerprint density at radius 3 is 2.50 bits per heavy atom. The van der Waals surface area contributed by atoms with Crippen molar-refractivity contribution in [3.63, 3.8) is 0 Å². The van der Waals surface area contributed by atoms with Gasteiger partial charge in [-0.25, -0.2) is 4.98 Å². The molecule has 1 N–H and O–H groups in total. The molecular formula is C26H29N3O4S. The van der Waals surface area contributed by atoms with Crippen molar-refractivity contribution in [2.45, 2.75) is 25.7 Å². The zero-order valence-corrected chi connectivity index (χ0v) is 20.3. The van der Waals surface area contributed by atoms with Gasteiger partial charge < -0.3 is 14.4 Å². The number of amides is 2. The molecular weight excluding hydrogens is 450 g/mol. The fourth-order valence-corrected chi connectivity index (χ4v) is 4.90. The maximum Gasteiger partial charge on any atom is 0.257 e. The van der Waals surface area contributed by atoms with E-state index >= 15 is 0 Å². The summed E-state index contributed by atoms with van der Waals surface area (Å²) in [5, 5.41) is 5.08. The molecule has 1 fully saturated rings. The van der Waals surface area contributed by atoms with Crippen molar-refractivity contribution in [1.82, 2.24) is 9.88 Å². The first-order valence-corrected chi connectivity index (χ1v) is 12.2. The molecule has 0 atom stereocenters. The lowest BCUT2D eigenvalue weighted by Crippen LogP contribution is -2.39. The van der Waals surface area contributed by atoms with Gasteiger partial charge in [0.05, 0.1) is 26.3 Å². The van der Waals surface area contributed by atoms with E-state index < -0.39 is 0 Å². The van der Waals surface area contributed by atoms with Gasteiger partial charge in [-0.2, -0.15) is 0 Å². The fraction of sp³-hybridized carbons (Fsp3) is 0.346. The van der Waals surface area contributed by atoms with Gasteiger partial charge in [0.15, 0.2) is 16.6 Å². The molecule has 7 nitrogen and oxygen atoms in total. The van der Waals surface area contributed by atoms with Crippen LogP contribution in [0.15, 0.2) is 53.9 Å². The molecule has 34 heavy (non-hydrogen) atoms. The molecule has 4 rings (SSSR count). The molecule has 0 bridgehead atoms. The normalized spacial score (nSPS) is 14.0. The Kier molecular flexibility index (Phi) is 7.80. The van der Waals surface area contributed by atoms with Crippen LogP contribution in [0.4, 0.5) is 5.13 Å². The molecule has 1 aliphatic heterocycles. The van der Waals surface area contributed by atoms with Gasteiger partial charge in [-0.1, -0.05) is 30.3 Å². The van der Waals surface area contributed by atoms with Gasteiger partial charge in [-0.05, 0) is 48.9 Å². The lowest BCUT2D eigenvalue weighted by atomic mass is 9.90. The van der Waals surface area contributed by atoms with E-state index in [-0.39, 0.29) is 18.2 Å². The van der Waals surface area contributed by atoms with E-state index in [2.05, 4.69) is 34.6 Å². The molecule has 0 radical (unpaired) electrons. The average Bonchev–Trinajstić information content (AvgIpc) is 3.31. The van der Waals surface area contributed by atoms with Crippen LogP contribution in [0.5, 0.6) is 11.5 Å². The SMILES string of the molecule is COc1ccc(C(=O)Nc2nc(CC(=O)N3CCC(Cc4ccccc4)CC3)cs2)cc1OC. The maximum atomic E-state index is 12.8. The van der Waals surface area contributed by atoms with Gasteiger partial charge >= 0.3 is 0 Å². The highest BCUT2D eigenvalue weighted by Crippen LogP contribution is 2.28. The van der Waals surface area contributed by atoms with Crippen molar-refractivity contribution in [1.29, 1.82) is 0 Å². The van der Waals surface area contributed by atoms with E-state index in [1.807, 2.05) is 16.3 Å². The molecule has 1 aromatic heterocycles. The first kappa shape index (κ1) is 23.8. The standard InChI is InChI=1S/C26H29N3O4S/c1-32-22-9-8-20(15-23(22)33-2)25(31)28-26-27-21(17-34-26)16-24(30)29-12-10-19(11-13-29)14-18-6-4-3-5-7-18/h3-9,15,17,19H,10-14,16H2,1-2H3,(H,27,28,31). The van der Waals surface area contributed by atoms with Crippen LogP contribution in [0.3, 0.4) is 0 Å². The Balaban J connectivity index is 1.27. The predicted molar refractivity (Wildman–Crippen MR) is 133 cm³/mol. The van der Waals surface area contributed by atoms with Crippen molar-refractivity contribution in [3.05, 3.63) is 70.7 Å². The molecule has 0 spiro atoms. The van der Waals surface area contributed by atoms with E-state index in [0.717, 1.165) is 32.4 Å². The number of carbonyl (C=O) groups is 2. The molecule has 1 aliphatic rings. The Morgan fingerprint density at radius 2 is 1.79 bits per heavy atom. The Hall–Kier alpha value is -3.39. The Morgan fingerprint density at radius 1 is 1.06 bits per heavy atom. The largest absolute Gasteiger partial charge is 0.493 e. The topological polar surface area (TPSA) is 80.8 Å². The number of benzene rings is 2. The number of anilines is 1. The number of hydrogen-bond acceptors (Lipinski definition) is 6. The minimum atomic E-state index is -0.298. The van der Waals surface area contributed by atoms with E-state index in [9.17, 15) is 9.59 Å². The van der Waals surface area contributed by atoms with Gasteiger partial charge in [0.1, 0.15) is 0 Å². The summed E-state index contributed by atoms with van der Waals surface area (Å²) in [6.45, 7) is 1.56. The van der Waals surface area contributed by atoms with Crippen LogP contribution in [0.2, 0.25) is 0 Å². The van der Waals surface area contributed by atoms with Crippen molar-refractivity contribution in [3.8, 4) is 11.5 Å². The number of ether oxygens (including phenoxy) is 2. The second kappa shape index (κ2) is 11.2. The molecule has 3 aromatic rings. The summed E-state index contributed by atoms with van der Waals surface area (Å²) in [5.41, 5.74) is 2.46. The zero-order valence-electron chi connectivity index (χ0n) is 19.5. The summed E-state index contributed by atoms with van der Waals surface area (Å²) in [5.74, 6) is 1.44. The average molecular weight is 480 g/mol. The van der Waals surface area contributed by atoms with Crippen LogP contribution in [-0.4, -0.2) is 49.0 Å². The second-order valence-electron chi connectivity index (χ2n) is 8.36. The third-order valence-corrected chi connectivity index (χ3v) is 6.89. The summed E-state index contributed by atoms with van der Waals surface area (Å²) in [6.07, 6.45) is 3.35. The maximum absolute atomic E-state index is 12.8. The zero-order chi connectivity index (χ0) is 23.9. The predicted octanol–water partition coefficient (Wildman–Crippen LogP) is 4.44. The van der Waals surface area contributed by atoms with Crippen LogP contribution in [0, 0.1) is 5.92 Å². The number of likely N-dealkylation sites (tertiary alicyclic amines) is 1. The number of carbonyl (C=O) groups excluding carboxylic acids is 2. The number of thiazole rings is 1. The van der Waals surface area contributed by atoms with Crippen LogP contribution in [0.1, 0.15) is 34.5 Å². The number of nitrogens with zero attached hydrogens (tertiary/aromatic N) is 2. The first-order valence-electron chi connectivity index (χ1n) is 11.3. The van der Waals surface area contributed by atoms with Crippen molar-refractivity contribution in [2.75, 3.05) is 32.6 Å². The molecule has 1 saturated heterocycles. The summed E-state index contributed by atoms with van der Waals surface area (Å²) < 4.78 is 10.5. The van der Waals surface area contributed by atoms with E-state index in [4.69, 9.17) is 9.47 Å². The second-order valence-corrected chi connectivity index (χ2v) is 9.22. The molecule has 178 valence electrons. The molecule has 2 amide bonds. The lowest BCUT2D eigenvalue weighted by Gasteiger charge is -2.32. The van der Waals surface area contributed by atoms with E-state index in [0.29, 0.717) is 33.8 Å². The van der Waals surface area contributed by atoms with Crippen molar-refractivity contribution in [2.24, 2.45) is 5.92 Å². The quantitative estimate of drug-likeness (QED) is 0.517. The van der Waals surface area contributed by atoms with Gasteiger partial charge in [0.25, 0.3) is 5.91 Å². The van der Waals surface area contributed by atoms with Crippen LogP contribution < -0.4 is 14.8 Å². The monoisotopic (exact) mass is 479 g/mol. The molecule has 2 aromatic carbocycles. The number of hydrogen-bond donors (Lipinski definition) is 1. The highest BCUT2D eigenvalue weighted by molar-refractivity contribution is 7.14. The van der Waals surface area contributed by atoms with E-state index in [1.54, 1.807) is 25.3 Å². The number of rotatable bonds is 8. The summed E-state index contributed by atoms with van der Waals surface area (Å²) in [4.78, 5) is 31.8. The van der Waals surface area contributed by atoms with Crippen molar-refractivity contribution < 1.29 is 19.1 Å². The number of nitrogens with one attached hydrogen (secondary N) is 1. The van der Waals surface area contributed by atoms with Crippen LogP contribution in [-0.2, 0) is 17.6 Å². The third-order valence-electron chi connectivity index (χ3n) is 6.08. The number of piperidine rings is 1. The Bertz CT molecular complexity index is 1120. The molecule has 2 heterocycles.